The van der Waals surface area contributed by atoms with Crippen molar-refractivity contribution in [2.75, 3.05) is 0 Å². The van der Waals surface area contributed by atoms with Gasteiger partial charge in [-0.2, -0.15) is 0 Å². The molecular formula is C16H12ClNOS2. The summed E-state index contributed by atoms with van der Waals surface area (Å²) in [5, 5.41) is 3.30. The van der Waals surface area contributed by atoms with Crippen LogP contribution in [0.4, 0.5) is 0 Å². The van der Waals surface area contributed by atoms with Crippen LogP contribution < -0.4 is 5.73 Å². The number of primary amides is 1. The van der Waals surface area contributed by atoms with E-state index >= 15 is 0 Å². The highest BCUT2D eigenvalue weighted by Crippen LogP contribution is 2.39. The van der Waals surface area contributed by atoms with Gasteiger partial charge in [-0.25, -0.2) is 0 Å². The van der Waals surface area contributed by atoms with E-state index < -0.39 is 5.91 Å². The van der Waals surface area contributed by atoms with Gasteiger partial charge in [-0.3, -0.25) is 4.79 Å². The molecule has 0 unspecified atom stereocenters. The molecular weight excluding hydrogens is 322 g/mol. The van der Waals surface area contributed by atoms with Crippen molar-refractivity contribution in [3.8, 4) is 0 Å². The van der Waals surface area contributed by atoms with Gasteiger partial charge >= 0.3 is 0 Å². The molecule has 3 rings (SSSR count). The number of benzene rings is 2. The second-order valence-electron chi connectivity index (χ2n) is 4.53. The molecule has 3 aromatic rings. The maximum Gasteiger partial charge on any atom is 0.249 e. The van der Waals surface area contributed by atoms with Gasteiger partial charge in [-0.15, -0.1) is 22.9 Å². The fourth-order valence-electron chi connectivity index (χ4n) is 2.09. The fraction of sp³-hybridized carbons (Fsp3) is 0.0625. The van der Waals surface area contributed by atoms with E-state index in [1.54, 1.807) is 29.2 Å². The van der Waals surface area contributed by atoms with Gasteiger partial charge in [0.25, 0.3) is 0 Å². The molecule has 0 saturated carbocycles. The van der Waals surface area contributed by atoms with E-state index in [1.165, 1.54) is 10.1 Å². The minimum atomic E-state index is -0.418. The second kappa shape index (κ2) is 6.10. The van der Waals surface area contributed by atoms with Crippen molar-refractivity contribution in [3.05, 3.63) is 59.0 Å². The molecule has 2 nitrogen and oxygen atoms in total. The third-order valence-electron chi connectivity index (χ3n) is 3.13. The number of carbonyl (C=O) groups is 1. The molecule has 0 aliphatic heterocycles. The van der Waals surface area contributed by atoms with Gasteiger partial charge in [-0.1, -0.05) is 36.0 Å². The number of thiophene rings is 1. The summed E-state index contributed by atoms with van der Waals surface area (Å²) in [4.78, 5) is 13.6. The van der Waals surface area contributed by atoms with Crippen molar-refractivity contribution in [2.24, 2.45) is 5.73 Å². The zero-order valence-corrected chi connectivity index (χ0v) is 13.4. The van der Waals surface area contributed by atoms with Crippen molar-refractivity contribution in [1.29, 1.82) is 0 Å². The van der Waals surface area contributed by atoms with E-state index in [1.807, 2.05) is 24.3 Å². The average molecular weight is 334 g/mol. The third kappa shape index (κ3) is 2.93. The summed E-state index contributed by atoms with van der Waals surface area (Å²) in [5.74, 6) is -0.00470. The van der Waals surface area contributed by atoms with Crippen molar-refractivity contribution < 1.29 is 4.79 Å². The Hall–Kier alpha value is -1.49. The summed E-state index contributed by atoms with van der Waals surface area (Å²) < 4.78 is 1.23. The Morgan fingerprint density at radius 2 is 2.00 bits per heavy atom. The van der Waals surface area contributed by atoms with E-state index in [-0.39, 0.29) is 0 Å². The number of nitrogens with two attached hydrogens (primary N) is 1. The van der Waals surface area contributed by atoms with Crippen LogP contribution in [0.1, 0.15) is 15.9 Å². The van der Waals surface area contributed by atoms with Crippen LogP contribution in [0.25, 0.3) is 10.1 Å². The highest BCUT2D eigenvalue weighted by Gasteiger charge is 2.12. The standard InChI is InChI=1S/C16H12ClNOS2/c17-8-10-5-6-12(16(18)19)14(7-10)21-15-9-20-13-4-2-1-3-11(13)15/h1-7,9H,8H2,(H2,18,19). The Labute approximate surface area is 135 Å². The molecule has 1 heterocycles. The zero-order chi connectivity index (χ0) is 14.8. The van der Waals surface area contributed by atoms with Crippen molar-refractivity contribution in [2.45, 2.75) is 15.7 Å². The number of amides is 1. The molecule has 0 fully saturated rings. The SMILES string of the molecule is NC(=O)c1ccc(CCl)cc1Sc1csc2ccccc12. The second-order valence-corrected chi connectivity index (χ2v) is 6.79. The smallest absolute Gasteiger partial charge is 0.249 e. The first-order valence-electron chi connectivity index (χ1n) is 6.32. The van der Waals surface area contributed by atoms with Crippen LogP contribution in [0, 0.1) is 0 Å². The van der Waals surface area contributed by atoms with Crippen molar-refractivity contribution in [3.63, 3.8) is 0 Å². The van der Waals surface area contributed by atoms with Crippen LogP contribution >= 0.6 is 34.7 Å². The number of fused-ring (bicyclic) bond motifs is 1. The molecule has 2 aromatic carbocycles. The monoisotopic (exact) mass is 333 g/mol. The first kappa shape index (κ1) is 14.4. The first-order chi connectivity index (χ1) is 10.2. The summed E-state index contributed by atoms with van der Waals surface area (Å²) >= 11 is 9.14. The molecule has 5 heteroatoms. The molecule has 21 heavy (non-hydrogen) atoms. The summed E-state index contributed by atoms with van der Waals surface area (Å²) in [6.45, 7) is 0. The number of hydrogen-bond donors (Lipinski definition) is 1. The maximum absolute atomic E-state index is 11.6. The van der Waals surface area contributed by atoms with E-state index in [2.05, 4.69) is 17.5 Å². The maximum atomic E-state index is 11.6. The number of hydrogen-bond acceptors (Lipinski definition) is 3. The molecule has 2 N–H and O–H groups in total. The number of alkyl halides is 1. The van der Waals surface area contributed by atoms with E-state index in [9.17, 15) is 4.79 Å². The van der Waals surface area contributed by atoms with E-state index in [4.69, 9.17) is 17.3 Å². The molecule has 0 atom stereocenters. The quantitative estimate of drug-likeness (QED) is 0.691. The molecule has 0 bridgehead atoms. The molecule has 0 aliphatic rings. The van der Waals surface area contributed by atoms with Crippen LogP contribution in [0.2, 0.25) is 0 Å². The van der Waals surface area contributed by atoms with E-state index in [0.29, 0.717) is 11.4 Å². The van der Waals surface area contributed by atoms with Crippen LogP contribution in [0.3, 0.4) is 0 Å². The van der Waals surface area contributed by atoms with Crippen molar-refractivity contribution >= 4 is 50.7 Å². The third-order valence-corrected chi connectivity index (χ3v) is 5.67. The van der Waals surface area contributed by atoms with Gasteiger partial charge in [0, 0.05) is 31.1 Å². The lowest BCUT2D eigenvalue weighted by atomic mass is 10.1. The average Bonchev–Trinajstić information content (AvgIpc) is 2.90. The predicted octanol–water partition coefficient (Wildman–Crippen LogP) is 4.89. The Balaban J connectivity index is 2.06. The molecule has 0 spiro atoms. The Bertz CT molecular complexity index is 813. The Morgan fingerprint density at radius 3 is 2.76 bits per heavy atom. The van der Waals surface area contributed by atoms with Crippen LogP contribution in [-0.2, 0) is 5.88 Å². The lowest BCUT2D eigenvalue weighted by Crippen LogP contribution is -2.12. The number of halogens is 1. The molecule has 0 aliphatic carbocycles. The van der Waals surface area contributed by atoms with Crippen LogP contribution in [-0.4, -0.2) is 5.91 Å². The van der Waals surface area contributed by atoms with Gasteiger partial charge in [0.1, 0.15) is 0 Å². The number of rotatable bonds is 4. The van der Waals surface area contributed by atoms with Gasteiger partial charge < -0.3 is 5.73 Å². The largest absolute Gasteiger partial charge is 0.366 e. The fourth-order valence-corrected chi connectivity index (χ4v) is 4.49. The Morgan fingerprint density at radius 1 is 1.19 bits per heavy atom. The molecule has 106 valence electrons. The predicted molar refractivity (Wildman–Crippen MR) is 90.5 cm³/mol. The highest BCUT2D eigenvalue weighted by molar-refractivity contribution is 7.99. The summed E-state index contributed by atoms with van der Waals surface area (Å²) in [6.07, 6.45) is 0. The van der Waals surface area contributed by atoms with Gasteiger partial charge in [0.05, 0.1) is 5.56 Å². The number of carbonyl (C=O) groups excluding carboxylic acids is 1. The topological polar surface area (TPSA) is 43.1 Å². The van der Waals surface area contributed by atoms with E-state index in [0.717, 1.165) is 15.4 Å². The minimum Gasteiger partial charge on any atom is -0.366 e. The van der Waals surface area contributed by atoms with Crippen LogP contribution in [0.5, 0.6) is 0 Å². The molecule has 1 aromatic heterocycles. The first-order valence-corrected chi connectivity index (χ1v) is 8.55. The van der Waals surface area contributed by atoms with Gasteiger partial charge in [-0.05, 0) is 23.8 Å². The lowest BCUT2D eigenvalue weighted by Gasteiger charge is -2.08. The molecule has 0 radical (unpaired) electrons. The lowest BCUT2D eigenvalue weighted by molar-refractivity contribution is 0.0997. The van der Waals surface area contributed by atoms with Crippen molar-refractivity contribution in [1.82, 2.24) is 0 Å². The van der Waals surface area contributed by atoms with Crippen LogP contribution in [0.15, 0.2) is 57.6 Å². The summed E-state index contributed by atoms with van der Waals surface area (Å²) in [7, 11) is 0. The molecule has 0 saturated heterocycles. The summed E-state index contributed by atoms with van der Waals surface area (Å²) in [5.41, 5.74) is 6.97. The molecule has 1 amide bonds. The summed E-state index contributed by atoms with van der Waals surface area (Å²) in [6, 6.07) is 13.7. The normalized spacial score (nSPS) is 10.9. The highest BCUT2D eigenvalue weighted by atomic mass is 35.5. The Kier molecular flexibility index (Phi) is 4.19. The minimum absolute atomic E-state index is 0.414. The zero-order valence-electron chi connectivity index (χ0n) is 11.0. The van der Waals surface area contributed by atoms with Gasteiger partial charge in [0.15, 0.2) is 0 Å². The van der Waals surface area contributed by atoms with Gasteiger partial charge in [0.2, 0.25) is 5.91 Å².